The van der Waals surface area contributed by atoms with Crippen molar-refractivity contribution < 1.29 is 4.79 Å². The molecule has 0 heterocycles. The first kappa shape index (κ1) is 14.1. The van der Waals surface area contributed by atoms with E-state index in [9.17, 15) is 4.79 Å². The summed E-state index contributed by atoms with van der Waals surface area (Å²) in [6, 6.07) is 17.9. The van der Waals surface area contributed by atoms with Gasteiger partial charge in [-0.1, -0.05) is 30.3 Å². The minimum atomic E-state index is 0.000712. The molecule has 3 nitrogen and oxygen atoms in total. The topological polar surface area (TPSA) is 41.1 Å². The van der Waals surface area contributed by atoms with Crippen molar-refractivity contribution in [2.45, 2.75) is 26.3 Å². The van der Waals surface area contributed by atoms with Crippen LogP contribution in [0.4, 0.5) is 11.4 Å². The molecular formula is C17H20N2O. The summed E-state index contributed by atoms with van der Waals surface area (Å²) in [7, 11) is 0. The van der Waals surface area contributed by atoms with Crippen molar-refractivity contribution in [2.24, 2.45) is 0 Å². The molecule has 20 heavy (non-hydrogen) atoms. The first-order valence-electron chi connectivity index (χ1n) is 6.84. The Labute approximate surface area is 120 Å². The molecule has 2 aromatic carbocycles. The fourth-order valence-corrected chi connectivity index (χ4v) is 1.97. The molecule has 0 spiro atoms. The fraction of sp³-hybridized carbons (Fsp3) is 0.235. The summed E-state index contributed by atoms with van der Waals surface area (Å²) in [4.78, 5) is 11.9. The smallest absolute Gasteiger partial charge is 0.228 e. The monoisotopic (exact) mass is 268 g/mol. The van der Waals surface area contributed by atoms with Crippen molar-refractivity contribution >= 4 is 17.3 Å². The van der Waals surface area contributed by atoms with Crippen molar-refractivity contribution in [3.8, 4) is 0 Å². The lowest BCUT2D eigenvalue weighted by molar-refractivity contribution is -0.115. The third-order valence-electron chi connectivity index (χ3n) is 2.83. The predicted molar refractivity (Wildman–Crippen MR) is 84.0 cm³/mol. The zero-order valence-electron chi connectivity index (χ0n) is 11.9. The quantitative estimate of drug-likeness (QED) is 0.868. The van der Waals surface area contributed by atoms with Gasteiger partial charge in [-0.05, 0) is 43.7 Å². The van der Waals surface area contributed by atoms with Crippen LogP contribution in [0.2, 0.25) is 0 Å². The second kappa shape index (κ2) is 6.75. The zero-order valence-corrected chi connectivity index (χ0v) is 11.9. The summed E-state index contributed by atoms with van der Waals surface area (Å²) in [5, 5.41) is 6.22. The number of hydrogen-bond donors (Lipinski definition) is 2. The molecule has 3 heteroatoms. The SMILES string of the molecule is CC(C)Nc1ccc(NC(=O)Cc2ccccc2)cc1. The average Bonchev–Trinajstić information content (AvgIpc) is 2.41. The molecule has 0 saturated carbocycles. The molecule has 2 aromatic rings. The second-order valence-electron chi connectivity index (χ2n) is 5.09. The van der Waals surface area contributed by atoms with Crippen LogP contribution in [-0.2, 0) is 11.2 Å². The Morgan fingerprint density at radius 3 is 2.15 bits per heavy atom. The van der Waals surface area contributed by atoms with Crippen molar-refractivity contribution in [3.05, 3.63) is 60.2 Å². The first-order valence-corrected chi connectivity index (χ1v) is 6.84. The van der Waals surface area contributed by atoms with Gasteiger partial charge in [-0.15, -0.1) is 0 Å². The van der Waals surface area contributed by atoms with Gasteiger partial charge in [0, 0.05) is 17.4 Å². The Hall–Kier alpha value is -2.29. The average molecular weight is 268 g/mol. The number of rotatable bonds is 5. The number of amides is 1. The van der Waals surface area contributed by atoms with Gasteiger partial charge in [0.2, 0.25) is 5.91 Å². The van der Waals surface area contributed by atoms with Crippen LogP contribution in [0, 0.1) is 0 Å². The van der Waals surface area contributed by atoms with Crippen LogP contribution in [0.15, 0.2) is 54.6 Å². The van der Waals surface area contributed by atoms with Crippen LogP contribution in [0.3, 0.4) is 0 Å². The van der Waals surface area contributed by atoms with Gasteiger partial charge in [0.1, 0.15) is 0 Å². The first-order chi connectivity index (χ1) is 9.63. The zero-order chi connectivity index (χ0) is 14.4. The van der Waals surface area contributed by atoms with E-state index in [2.05, 4.69) is 24.5 Å². The van der Waals surface area contributed by atoms with Gasteiger partial charge in [-0.3, -0.25) is 4.79 Å². The van der Waals surface area contributed by atoms with Crippen molar-refractivity contribution in [1.29, 1.82) is 0 Å². The molecule has 0 bridgehead atoms. The Morgan fingerprint density at radius 2 is 1.55 bits per heavy atom. The predicted octanol–water partition coefficient (Wildman–Crippen LogP) is 3.69. The summed E-state index contributed by atoms with van der Waals surface area (Å²) >= 11 is 0. The molecule has 0 atom stereocenters. The number of carbonyl (C=O) groups excluding carboxylic acids is 1. The summed E-state index contributed by atoms with van der Waals surface area (Å²) in [6.45, 7) is 4.19. The standard InChI is InChI=1S/C17H20N2O/c1-13(2)18-15-8-10-16(11-9-15)19-17(20)12-14-6-4-3-5-7-14/h3-11,13,18H,12H2,1-2H3,(H,19,20). The molecule has 104 valence electrons. The molecule has 0 aliphatic carbocycles. The molecule has 0 fully saturated rings. The molecule has 0 saturated heterocycles. The van der Waals surface area contributed by atoms with Gasteiger partial charge in [-0.2, -0.15) is 0 Å². The van der Waals surface area contributed by atoms with Crippen LogP contribution in [0.1, 0.15) is 19.4 Å². The van der Waals surface area contributed by atoms with Gasteiger partial charge in [-0.25, -0.2) is 0 Å². The maximum absolute atomic E-state index is 11.9. The summed E-state index contributed by atoms with van der Waals surface area (Å²) < 4.78 is 0. The lowest BCUT2D eigenvalue weighted by atomic mass is 10.1. The number of nitrogens with one attached hydrogen (secondary N) is 2. The Morgan fingerprint density at radius 1 is 0.950 bits per heavy atom. The number of hydrogen-bond acceptors (Lipinski definition) is 2. The molecule has 2 rings (SSSR count). The maximum atomic E-state index is 11.9. The minimum absolute atomic E-state index is 0.000712. The van der Waals surface area contributed by atoms with E-state index in [0.29, 0.717) is 12.5 Å². The van der Waals surface area contributed by atoms with E-state index >= 15 is 0 Å². The Balaban J connectivity index is 1.91. The van der Waals surface area contributed by atoms with Crippen LogP contribution in [-0.4, -0.2) is 11.9 Å². The summed E-state index contributed by atoms with van der Waals surface area (Å²) in [5.41, 5.74) is 2.89. The van der Waals surface area contributed by atoms with Crippen LogP contribution >= 0.6 is 0 Å². The van der Waals surface area contributed by atoms with E-state index in [4.69, 9.17) is 0 Å². The number of benzene rings is 2. The molecule has 2 N–H and O–H groups in total. The van der Waals surface area contributed by atoms with Gasteiger partial charge in [0.15, 0.2) is 0 Å². The van der Waals surface area contributed by atoms with E-state index in [0.717, 1.165) is 16.9 Å². The molecule has 0 aromatic heterocycles. The number of anilines is 2. The lowest BCUT2D eigenvalue weighted by Gasteiger charge is -2.11. The molecular weight excluding hydrogens is 248 g/mol. The Bertz CT molecular complexity index is 547. The van der Waals surface area contributed by atoms with Gasteiger partial charge in [0.05, 0.1) is 6.42 Å². The Kier molecular flexibility index (Phi) is 4.77. The van der Waals surface area contributed by atoms with E-state index < -0.39 is 0 Å². The minimum Gasteiger partial charge on any atom is -0.383 e. The highest BCUT2D eigenvalue weighted by Gasteiger charge is 2.04. The van der Waals surface area contributed by atoms with Crippen LogP contribution in [0.5, 0.6) is 0 Å². The summed E-state index contributed by atoms with van der Waals surface area (Å²) in [6.07, 6.45) is 0.396. The normalized spacial score (nSPS) is 10.3. The van der Waals surface area contributed by atoms with Gasteiger partial charge in [0.25, 0.3) is 0 Å². The van der Waals surface area contributed by atoms with Crippen molar-refractivity contribution in [2.75, 3.05) is 10.6 Å². The molecule has 0 unspecified atom stereocenters. The molecule has 1 amide bonds. The van der Waals surface area contributed by atoms with E-state index in [1.54, 1.807) is 0 Å². The maximum Gasteiger partial charge on any atom is 0.228 e. The van der Waals surface area contributed by atoms with Crippen molar-refractivity contribution in [3.63, 3.8) is 0 Å². The molecule has 0 aliphatic rings. The van der Waals surface area contributed by atoms with Gasteiger partial charge >= 0.3 is 0 Å². The highest BCUT2D eigenvalue weighted by atomic mass is 16.1. The second-order valence-corrected chi connectivity index (χ2v) is 5.09. The summed E-state index contributed by atoms with van der Waals surface area (Å²) in [5.74, 6) is 0.000712. The third kappa shape index (κ3) is 4.43. The van der Waals surface area contributed by atoms with Crippen molar-refractivity contribution in [1.82, 2.24) is 0 Å². The molecule has 0 aliphatic heterocycles. The van der Waals surface area contributed by atoms with Crippen LogP contribution < -0.4 is 10.6 Å². The van der Waals surface area contributed by atoms with E-state index in [1.165, 1.54) is 0 Å². The highest BCUT2D eigenvalue weighted by molar-refractivity contribution is 5.92. The largest absolute Gasteiger partial charge is 0.383 e. The van der Waals surface area contributed by atoms with E-state index in [-0.39, 0.29) is 5.91 Å². The van der Waals surface area contributed by atoms with Gasteiger partial charge < -0.3 is 10.6 Å². The van der Waals surface area contributed by atoms with E-state index in [1.807, 2.05) is 54.6 Å². The van der Waals surface area contributed by atoms with Crippen LogP contribution in [0.25, 0.3) is 0 Å². The third-order valence-corrected chi connectivity index (χ3v) is 2.83. The lowest BCUT2D eigenvalue weighted by Crippen LogP contribution is -2.14. The molecule has 0 radical (unpaired) electrons. The number of carbonyl (C=O) groups is 1. The highest BCUT2D eigenvalue weighted by Crippen LogP contribution is 2.14. The fourth-order valence-electron chi connectivity index (χ4n) is 1.97.